The van der Waals surface area contributed by atoms with Gasteiger partial charge in [0.1, 0.15) is 5.75 Å². The van der Waals surface area contributed by atoms with Crippen molar-refractivity contribution in [2.75, 3.05) is 32.8 Å². The van der Waals surface area contributed by atoms with Gasteiger partial charge in [0.15, 0.2) is 0 Å². The quantitative estimate of drug-likeness (QED) is 0.856. The van der Waals surface area contributed by atoms with Gasteiger partial charge in [-0.15, -0.1) is 0 Å². The third kappa shape index (κ3) is 3.47. The average molecular weight is 322 g/mol. The van der Waals surface area contributed by atoms with E-state index in [9.17, 15) is 0 Å². The first-order valence-electron chi connectivity index (χ1n) is 9.12. The van der Waals surface area contributed by atoms with E-state index in [1.165, 1.54) is 17.5 Å². The van der Waals surface area contributed by atoms with E-state index in [0.717, 1.165) is 51.5 Å². The highest BCUT2D eigenvalue weighted by Gasteiger charge is 2.28. The number of para-hydroxylation sites is 1. The molecule has 0 spiro atoms. The second-order valence-corrected chi connectivity index (χ2v) is 6.84. The van der Waals surface area contributed by atoms with Gasteiger partial charge in [-0.25, -0.2) is 0 Å². The summed E-state index contributed by atoms with van der Waals surface area (Å²) >= 11 is 0. The normalized spacial score (nSPS) is 22.4. The molecule has 1 atom stereocenters. The van der Waals surface area contributed by atoms with E-state index in [-0.39, 0.29) is 0 Å². The van der Waals surface area contributed by atoms with Crippen LogP contribution in [-0.2, 0) is 6.54 Å². The van der Waals surface area contributed by atoms with Crippen LogP contribution in [0.3, 0.4) is 0 Å². The minimum Gasteiger partial charge on any atom is -0.493 e. The number of rotatable bonds is 3. The van der Waals surface area contributed by atoms with Gasteiger partial charge in [0.2, 0.25) is 0 Å². The Hall–Kier alpha value is -1.84. The highest BCUT2D eigenvalue weighted by atomic mass is 16.5. The third-order valence-electron chi connectivity index (χ3n) is 5.25. The molecule has 0 aliphatic carbocycles. The molecule has 2 aromatic rings. The predicted molar refractivity (Wildman–Crippen MR) is 97.2 cm³/mol. The lowest BCUT2D eigenvalue weighted by molar-refractivity contribution is 0.0879. The summed E-state index contributed by atoms with van der Waals surface area (Å²) in [5.41, 5.74) is 2.80. The molecule has 2 aliphatic rings. The smallest absolute Gasteiger partial charge is 0.124 e. The number of hydrogen-bond acceptors (Lipinski definition) is 3. The Labute approximate surface area is 144 Å². The summed E-state index contributed by atoms with van der Waals surface area (Å²) in [6, 6.07) is 19.9. The third-order valence-corrected chi connectivity index (χ3v) is 5.25. The summed E-state index contributed by atoms with van der Waals surface area (Å²) in [5.74, 6) is 1.09. The SMILES string of the molecule is c1ccc(CN2CCN(C3CCCOc4ccccc43)CC2)cc1. The standard InChI is InChI=1S/C21H26N2O/c1-2-7-18(8-3-1)17-22-12-14-23(15-13-22)20-10-6-16-24-21-11-5-4-9-19(20)21/h1-5,7-9,11,20H,6,10,12-17H2. The molecule has 3 nitrogen and oxygen atoms in total. The molecule has 24 heavy (non-hydrogen) atoms. The number of piperazine rings is 1. The average Bonchev–Trinajstić information content (AvgIpc) is 2.86. The molecular weight excluding hydrogens is 296 g/mol. The highest BCUT2D eigenvalue weighted by Crippen LogP contribution is 2.35. The summed E-state index contributed by atoms with van der Waals surface area (Å²) in [6.45, 7) is 6.50. The van der Waals surface area contributed by atoms with E-state index >= 15 is 0 Å². The topological polar surface area (TPSA) is 15.7 Å². The number of nitrogens with zero attached hydrogens (tertiary/aromatic N) is 2. The Morgan fingerprint density at radius 3 is 2.46 bits per heavy atom. The van der Waals surface area contributed by atoms with E-state index in [4.69, 9.17) is 4.74 Å². The van der Waals surface area contributed by atoms with E-state index in [2.05, 4.69) is 64.4 Å². The molecule has 0 saturated carbocycles. The largest absolute Gasteiger partial charge is 0.493 e. The Morgan fingerprint density at radius 1 is 0.875 bits per heavy atom. The van der Waals surface area contributed by atoms with E-state index in [1.54, 1.807) is 0 Å². The second-order valence-electron chi connectivity index (χ2n) is 6.84. The molecule has 1 unspecified atom stereocenters. The molecule has 2 aliphatic heterocycles. The lowest BCUT2D eigenvalue weighted by Crippen LogP contribution is -2.47. The van der Waals surface area contributed by atoms with Crippen molar-refractivity contribution in [3.8, 4) is 5.75 Å². The van der Waals surface area contributed by atoms with Gasteiger partial charge >= 0.3 is 0 Å². The van der Waals surface area contributed by atoms with Crippen LogP contribution in [0.25, 0.3) is 0 Å². The molecule has 0 bridgehead atoms. The number of fused-ring (bicyclic) bond motifs is 1. The molecule has 1 fully saturated rings. The lowest BCUT2D eigenvalue weighted by atomic mass is 9.99. The molecule has 2 heterocycles. The second kappa shape index (κ2) is 7.37. The van der Waals surface area contributed by atoms with Gasteiger partial charge < -0.3 is 4.74 Å². The maximum Gasteiger partial charge on any atom is 0.124 e. The highest BCUT2D eigenvalue weighted by molar-refractivity contribution is 5.36. The zero-order valence-electron chi connectivity index (χ0n) is 14.2. The Bertz CT molecular complexity index is 650. The van der Waals surface area contributed by atoms with Gasteiger partial charge in [0.25, 0.3) is 0 Å². The minimum absolute atomic E-state index is 0.516. The maximum absolute atomic E-state index is 5.93. The monoisotopic (exact) mass is 322 g/mol. The maximum atomic E-state index is 5.93. The van der Waals surface area contributed by atoms with Crippen molar-refractivity contribution in [3.05, 3.63) is 65.7 Å². The van der Waals surface area contributed by atoms with Crippen molar-refractivity contribution in [1.29, 1.82) is 0 Å². The number of ether oxygens (including phenoxy) is 1. The fraction of sp³-hybridized carbons (Fsp3) is 0.429. The lowest BCUT2D eigenvalue weighted by Gasteiger charge is -2.39. The zero-order valence-corrected chi connectivity index (χ0v) is 14.2. The summed E-state index contributed by atoms with van der Waals surface area (Å²) in [6.07, 6.45) is 2.35. The van der Waals surface area contributed by atoms with Gasteiger partial charge in [-0.1, -0.05) is 48.5 Å². The summed E-state index contributed by atoms with van der Waals surface area (Å²) < 4.78 is 5.93. The minimum atomic E-state index is 0.516. The van der Waals surface area contributed by atoms with Gasteiger partial charge in [-0.05, 0) is 24.5 Å². The van der Waals surface area contributed by atoms with Crippen molar-refractivity contribution < 1.29 is 4.74 Å². The molecule has 126 valence electrons. The summed E-state index contributed by atoms with van der Waals surface area (Å²) in [7, 11) is 0. The van der Waals surface area contributed by atoms with Crippen LogP contribution in [0.2, 0.25) is 0 Å². The van der Waals surface area contributed by atoms with Crippen LogP contribution >= 0.6 is 0 Å². The van der Waals surface area contributed by atoms with Crippen molar-refractivity contribution in [2.24, 2.45) is 0 Å². The molecule has 1 saturated heterocycles. The van der Waals surface area contributed by atoms with Gasteiger partial charge in [0, 0.05) is 44.3 Å². The van der Waals surface area contributed by atoms with Crippen molar-refractivity contribution in [2.45, 2.75) is 25.4 Å². The molecule has 3 heteroatoms. The molecule has 0 aromatic heterocycles. The van der Waals surface area contributed by atoms with E-state index in [0.29, 0.717) is 6.04 Å². The van der Waals surface area contributed by atoms with Crippen LogP contribution in [0, 0.1) is 0 Å². The van der Waals surface area contributed by atoms with Crippen LogP contribution in [0.1, 0.15) is 30.0 Å². The molecule has 0 radical (unpaired) electrons. The fourth-order valence-corrected chi connectivity index (χ4v) is 3.96. The first-order valence-corrected chi connectivity index (χ1v) is 9.12. The summed E-state index contributed by atoms with van der Waals surface area (Å²) in [4.78, 5) is 5.24. The molecule has 2 aromatic carbocycles. The van der Waals surface area contributed by atoms with Gasteiger partial charge in [0.05, 0.1) is 6.61 Å². The van der Waals surface area contributed by atoms with Crippen LogP contribution in [0.15, 0.2) is 54.6 Å². The van der Waals surface area contributed by atoms with Crippen molar-refractivity contribution in [3.63, 3.8) is 0 Å². The zero-order chi connectivity index (χ0) is 16.2. The fourth-order valence-electron chi connectivity index (χ4n) is 3.96. The van der Waals surface area contributed by atoms with Crippen LogP contribution in [0.5, 0.6) is 5.75 Å². The molecule has 0 N–H and O–H groups in total. The first kappa shape index (κ1) is 15.7. The Morgan fingerprint density at radius 2 is 1.62 bits per heavy atom. The Kier molecular flexibility index (Phi) is 4.81. The first-order chi connectivity index (χ1) is 11.9. The van der Waals surface area contributed by atoms with Crippen molar-refractivity contribution in [1.82, 2.24) is 9.80 Å². The number of hydrogen-bond donors (Lipinski definition) is 0. The van der Waals surface area contributed by atoms with Crippen LogP contribution in [-0.4, -0.2) is 42.6 Å². The number of benzene rings is 2. The van der Waals surface area contributed by atoms with E-state index < -0.39 is 0 Å². The molecule has 4 rings (SSSR count). The van der Waals surface area contributed by atoms with Crippen molar-refractivity contribution >= 4 is 0 Å². The van der Waals surface area contributed by atoms with Crippen LogP contribution < -0.4 is 4.74 Å². The summed E-state index contributed by atoms with van der Waals surface area (Å²) in [5, 5.41) is 0. The van der Waals surface area contributed by atoms with Gasteiger partial charge in [-0.3, -0.25) is 9.80 Å². The predicted octanol–water partition coefficient (Wildman–Crippen LogP) is 3.72. The Balaban J connectivity index is 1.41. The van der Waals surface area contributed by atoms with Crippen LogP contribution in [0.4, 0.5) is 0 Å². The molecule has 0 amide bonds. The van der Waals surface area contributed by atoms with Gasteiger partial charge in [-0.2, -0.15) is 0 Å². The molecular formula is C21H26N2O. The van der Waals surface area contributed by atoms with E-state index in [1.807, 2.05) is 0 Å².